The molecule has 5 heteroatoms. The molecule has 1 aliphatic rings. The smallest absolute Gasteiger partial charge is 0.241 e. The molecule has 1 saturated heterocycles. The monoisotopic (exact) mass is 266 g/mol. The summed E-state index contributed by atoms with van der Waals surface area (Å²) in [7, 11) is -0.705. The molecule has 98 valence electrons. The van der Waals surface area contributed by atoms with Gasteiger partial charge in [-0.3, -0.25) is 9.00 Å². The van der Waals surface area contributed by atoms with Crippen molar-refractivity contribution in [3.05, 3.63) is 35.9 Å². The van der Waals surface area contributed by atoms with E-state index in [2.05, 4.69) is 5.32 Å². The van der Waals surface area contributed by atoms with Crippen LogP contribution in [0.5, 0.6) is 0 Å². The molecular weight excluding hydrogens is 248 g/mol. The van der Waals surface area contributed by atoms with Gasteiger partial charge in [-0.25, -0.2) is 0 Å². The van der Waals surface area contributed by atoms with Gasteiger partial charge in [0, 0.05) is 28.3 Å². The zero-order valence-electron chi connectivity index (χ0n) is 10.2. The Morgan fingerprint density at radius 2 is 1.89 bits per heavy atom. The Morgan fingerprint density at radius 3 is 2.50 bits per heavy atom. The SMILES string of the molecule is NC(C(=O)NC1CCS(=O)CC1)c1ccccc1. The Balaban J connectivity index is 1.90. The average molecular weight is 266 g/mol. The van der Waals surface area contributed by atoms with E-state index in [0.29, 0.717) is 11.5 Å². The number of hydrogen-bond acceptors (Lipinski definition) is 3. The molecule has 1 fully saturated rings. The van der Waals surface area contributed by atoms with Gasteiger partial charge in [-0.15, -0.1) is 0 Å². The first kappa shape index (κ1) is 13.2. The summed E-state index contributed by atoms with van der Waals surface area (Å²) in [5.41, 5.74) is 6.73. The summed E-state index contributed by atoms with van der Waals surface area (Å²) < 4.78 is 11.2. The number of carbonyl (C=O) groups is 1. The van der Waals surface area contributed by atoms with Crippen LogP contribution in [0.25, 0.3) is 0 Å². The van der Waals surface area contributed by atoms with Crippen LogP contribution in [0.4, 0.5) is 0 Å². The van der Waals surface area contributed by atoms with Crippen molar-refractivity contribution in [3.63, 3.8) is 0 Å². The van der Waals surface area contributed by atoms with Gasteiger partial charge in [-0.2, -0.15) is 0 Å². The van der Waals surface area contributed by atoms with Crippen LogP contribution >= 0.6 is 0 Å². The molecule has 0 saturated carbocycles. The average Bonchev–Trinajstić information content (AvgIpc) is 2.41. The first-order chi connectivity index (χ1) is 8.66. The highest BCUT2D eigenvalue weighted by molar-refractivity contribution is 7.85. The molecule has 18 heavy (non-hydrogen) atoms. The lowest BCUT2D eigenvalue weighted by atomic mass is 10.1. The third kappa shape index (κ3) is 3.40. The molecule has 0 radical (unpaired) electrons. The van der Waals surface area contributed by atoms with E-state index < -0.39 is 16.8 Å². The topological polar surface area (TPSA) is 72.2 Å². The molecule has 1 unspecified atom stereocenters. The van der Waals surface area contributed by atoms with Crippen LogP contribution in [0.3, 0.4) is 0 Å². The number of carbonyl (C=O) groups excluding carboxylic acids is 1. The first-order valence-electron chi connectivity index (χ1n) is 6.12. The predicted molar refractivity (Wildman–Crippen MR) is 72.4 cm³/mol. The van der Waals surface area contributed by atoms with Gasteiger partial charge < -0.3 is 11.1 Å². The molecule has 1 aromatic rings. The number of nitrogens with two attached hydrogens (primary N) is 1. The summed E-state index contributed by atoms with van der Waals surface area (Å²) in [4.78, 5) is 12.0. The van der Waals surface area contributed by atoms with E-state index >= 15 is 0 Å². The fourth-order valence-electron chi connectivity index (χ4n) is 2.04. The maximum atomic E-state index is 12.0. The van der Waals surface area contributed by atoms with E-state index in [1.54, 1.807) is 0 Å². The minimum Gasteiger partial charge on any atom is -0.352 e. The molecule has 0 spiro atoms. The van der Waals surface area contributed by atoms with Gasteiger partial charge in [0.1, 0.15) is 6.04 Å². The van der Waals surface area contributed by atoms with E-state index in [9.17, 15) is 9.00 Å². The molecular formula is C13H18N2O2S. The second kappa shape index (κ2) is 6.11. The van der Waals surface area contributed by atoms with Crippen LogP contribution in [0, 0.1) is 0 Å². The highest BCUT2D eigenvalue weighted by Crippen LogP contribution is 2.13. The molecule has 4 nitrogen and oxygen atoms in total. The van der Waals surface area contributed by atoms with Gasteiger partial charge in [0.25, 0.3) is 0 Å². The summed E-state index contributed by atoms with van der Waals surface area (Å²) in [6.07, 6.45) is 1.56. The van der Waals surface area contributed by atoms with Crippen LogP contribution in [-0.2, 0) is 15.6 Å². The quantitative estimate of drug-likeness (QED) is 0.846. The van der Waals surface area contributed by atoms with Crippen LogP contribution in [0.15, 0.2) is 30.3 Å². The maximum Gasteiger partial charge on any atom is 0.241 e. The summed E-state index contributed by atoms with van der Waals surface area (Å²) in [6, 6.07) is 8.81. The lowest BCUT2D eigenvalue weighted by Crippen LogP contribution is -2.43. The van der Waals surface area contributed by atoms with E-state index in [1.807, 2.05) is 30.3 Å². The minimum absolute atomic E-state index is 0.116. The maximum absolute atomic E-state index is 12.0. The summed E-state index contributed by atoms with van der Waals surface area (Å²) in [5.74, 6) is 1.19. The molecule has 1 heterocycles. The fourth-order valence-corrected chi connectivity index (χ4v) is 3.34. The predicted octanol–water partition coefficient (Wildman–Crippen LogP) is 0.714. The van der Waals surface area contributed by atoms with Gasteiger partial charge in [-0.1, -0.05) is 30.3 Å². The summed E-state index contributed by atoms with van der Waals surface area (Å²) >= 11 is 0. The highest BCUT2D eigenvalue weighted by atomic mass is 32.2. The van der Waals surface area contributed by atoms with Gasteiger partial charge >= 0.3 is 0 Å². The van der Waals surface area contributed by atoms with E-state index in [1.165, 1.54) is 0 Å². The zero-order valence-corrected chi connectivity index (χ0v) is 11.0. The number of amides is 1. The second-order valence-electron chi connectivity index (χ2n) is 4.52. The molecule has 1 aliphatic heterocycles. The Morgan fingerprint density at radius 1 is 1.28 bits per heavy atom. The van der Waals surface area contributed by atoms with Crippen molar-refractivity contribution in [2.24, 2.45) is 5.73 Å². The molecule has 1 aromatic carbocycles. The molecule has 1 atom stereocenters. The van der Waals surface area contributed by atoms with Crippen molar-refractivity contribution >= 4 is 16.7 Å². The van der Waals surface area contributed by atoms with E-state index in [4.69, 9.17) is 5.73 Å². The molecule has 0 aromatic heterocycles. The Bertz CT molecular complexity index is 426. The Hall–Kier alpha value is -1.20. The lowest BCUT2D eigenvalue weighted by Gasteiger charge is -2.24. The largest absolute Gasteiger partial charge is 0.352 e. The van der Waals surface area contributed by atoms with Crippen LogP contribution < -0.4 is 11.1 Å². The van der Waals surface area contributed by atoms with Crippen LogP contribution in [0.1, 0.15) is 24.4 Å². The summed E-state index contributed by atoms with van der Waals surface area (Å²) in [6.45, 7) is 0. The third-order valence-electron chi connectivity index (χ3n) is 3.18. The third-order valence-corrected chi connectivity index (χ3v) is 4.56. The standard InChI is InChI=1S/C13H18N2O2S/c14-12(10-4-2-1-3-5-10)13(16)15-11-6-8-18(17)9-7-11/h1-5,11-12H,6-9,14H2,(H,15,16). The number of rotatable bonds is 3. The lowest BCUT2D eigenvalue weighted by molar-refractivity contribution is -0.123. The second-order valence-corrected chi connectivity index (χ2v) is 6.22. The van der Waals surface area contributed by atoms with Gasteiger partial charge in [0.15, 0.2) is 0 Å². The van der Waals surface area contributed by atoms with Crippen molar-refractivity contribution in [1.29, 1.82) is 0 Å². The van der Waals surface area contributed by atoms with Crippen molar-refractivity contribution in [1.82, 2.24) is 5.32 Å². The van der Waals surface area contributed by atoms with Crippen molar-refractivity contribution < 1.29 is 9.00 Å². The normalized spacial score (nSPS) is 25.4. The van der Waals surface area contributed by atoms with Gasteiger partial charge in [-0.05, 0) is 18.4 Å². The van der Waals surface area contributed by atoms with Crippen molar-refractivity contribution in [2.75, 3.05) is 11.5 Å². The molecule has 0 bridgehead atoms. The first-order valence-corrected chi connectivity index (χ1v) is 7.61. The van der Waals surface area contributed by atoms with Crippen LogP contribution in [0.2, 0.25) is 0 Å². The van der Waals surface area contributed by atoms with E-state index in [-0.39, 0.29) is 11.9 Å². The molecule has 3 N–H and O–H groups in total. The van der Waals surface area contributed by atoms with Gasteiger partial charge in [0.2, 0.25) is 5.91 Å². The Labute approximate surface area is 109 Å². The molecule has 0 aliphatic carbocycles. The fraction of sp³-hybridized carbons (Fsp3) is 0.462. The molecule has 1 amide bonds. The number of nitrogens with one attached hydrogen (secondary N) is 1. The summed E-state index contributed by atoms with van der Waals surface area (Å²) in [5, 5.41) is 2.94. The number of hydrogen-bond donors (Lipinski definition) is 2. The van der Waals surface area contributed by atoms with Crippen molar-refractivity contribution in [2.45, 2.75) is 24.9 Å². The minimum atomic E-state index is -0.705. The zero-order chi connectivity index (χ0) is 13.0. The van der Waals surface area contributed by atoms with Gasteiger partial charge in [0.05, 0.1) is 0 Å². The molecule has 2 rings (SSSR count). The van der Waals surface area contributed by atoms with Crippen LogP contribution in [-0.4, -0.2) is 27.7 Å². The Kier molecular flexibility index (Phi) is 4.49. The van der Waals surface area contributed by atoms with E-state index in [0.717, 1.165) is 18.4 Å². The number of benzene rings is 1. The highest BCUT2D eigenvalue weighted by Gasteiger charge is 2.22. The van der Waals surface area contributed by atoms with Crippen molar-refractivity contribution in [3.8, 4) is 0 Å².